The molecule has 1 saturated heterocycles. The minimum Gasteiger partial charge on any atom is -0.392 e. The molecule has 5 rings (SSSR count). The molecule has 8 nitrogen and oxygen atoms in total. The molecule has 2 heterocycles. The number of aliphatic hydroxyl groups is 1. The number of thioether (sulfide) groups is 1. The van der Waals surface area contributed by atoms with Gasteiger partial charge in [-0.1, -0.05) is 66.4 Å². The second-order valence-corrected chi connectivity index (χ2v) is 9.82. The molecule has 1 amide bonds. The summed E-state index contributed by atoms with van der Waals surface area (Å²) in [7, 11) is 1.91. The molecule has 0 aliphatic carbocycles. The number of hydrogen-bond acceptors (Lipinski definition) is 7. The first-order valence-corrected chi connectivity index (χ1v) is 13.0. The largest absolute Gasteiger partial charge is 0.392 e. The topological polar surface area (TPSA) is 98.5 Å². The SMILES string of the molecule is Cn1cnnc1SC[C@@H]1C[C@H](c2ccc(CO)cc2)O[C@H](c2cccc(NC(=O)c3ccccc3)c2)O1. The first-order chi connectivity index (χ1) is 18.1. The summed E-state index contributed by atoms with van der Waals surface area (Å²) in [6, 6.07) is 24.4. The summed E-state index contributed by atoms with van der Waals surface area (Å²) in [6.45, 7) is -0.00397. The van der Waals surface area contributed by atoms with Crippen LogP contribution in [0.4, 0.5) is 5.69 Å². The van der Waals surface area contributed by atoms with Gasteiger partial charge in [-0.25, -0.2) is 0 Å². The quantitative estimate of drug-likeness (QED) is 0.322. The summed E-state index contributed by atoms with van der Waals surface area (Å²) in [5.74, 6) is 0.505. The molecule has 4 aromatic rings. The molecule has 0 spiro atoms. The van der Waals surface area contributed by atoms with Gasteiger partial charge in [0.15, 0.2) is 11.4 Å². The minimum absolute atomic E-state index is 0.00397. The van der Waals surface area contributed by atoms with Crippen molar-refractivity contribution in [3.63, 3.8) is 0 Å². The van der Waals surface area contributed by atoms with Crippen LogP contribution in [0.25, 0.3) is 0 Å². The van der Waals surface area contributed by atoms with Gasteiger partial charge in [0.2, 0.25) is 0 Å². The standard InChI is InChI=1S/C28H28N4O4S/c1-32-18-29-31-28(32)37-17-24-15-25(20-12-10-19(16-33)11-13-20)36-27(35-24)22-8-5-9-23(14-22)30-26(34)21-6-3-2-4-7-21/h2-14,18,24-25,27,33H,15-17H2,1H3,(H,30,34)/t24-,25+,27+/m0/s1. The number of aromatic nitrogens is 3. The van der Waals surface area contributed by atoms with E-state index in [4.69, 9.17) is 9.47 Å². The van der Waals surface area contributed by atoms with Crippen LogP contribution in [0.3, 0.4) is 0 Å². The summed E-state index contributed by atoms with van der Waals surface area (Å²) in [4.78, 5) is 12.7. The highest BCUT2D eigenvalue weighted by Gasteiger charge is 2.32. The molecule has 0 unspecified atom stereocenters. The van der Waals surface area contributed by atoms with Gasteiger partial charge in [0.25, 0.3) is 5.91 Å². The minimum atomic E-state index is -0.616. The number of carbonyl (C=O) groups is 1. The Morgan fingerprint density at radius 1 is 1.05 bits per heavy atom. The van der Waals surface area contributed by atoms with E-state index in [9.17, 15) is 9.90 Å². The van der Waals surface area contributed by atoms with Gasteiger partial charge in [0.05, 0.1) is 18.8 Å². The van der Waals surface area contributed by atoms with Crippen LogP contribution in [-0.4, -0.2) is 37.6 Å². The number of amides is 1. The third-order valence-corrected chi connectivity index (χ3v) is 7.30. The Morgan fingerprint density at radius 3 is 2.59 bits per heavy atom. The first kappa shape index (κ1) is 25.2. The molecular weight excluding hydrogens is 488 g/mol. The summed E-state index contributed by atoms with van der Waals surface area (Å²) < 4.78 is 14.7. The third-order valence-electron chi connectivity index (χ3n) is 6.14. The van der Waals surface area contributed by atoms with Crippen molar-refractivity contribution in [3.05, 3.63) is 107 Å². The van der Waals surface area contributed by atoms with Crippen LogP contribution in [0.5, 0.6) is 0 Å². The molecule has 0 bridgehead atoms. The van der Waals surface area contributed by atoms with Crippen molar-refractivity contribution in [3.8, 4) is 0 Å². The zero-order valence-electron chi connectivity index (χ0n) is 20.4. The van der Waals surface area contributed by atoms with E-state index in [1.165, 1.54) is 0 Å². The van der Waals surface area contributed by atoms with E-state index in [0.717, 1.165) is 21.8 Å². The summed E-state index contributed by atoms with van der Waals surface area (Å²) in [6.07, 6.45) is 1.43. The lowest BCUT2D eigenvalue weighted by Gasteiger charge is -2.36. The second kappa shape index (κ2) is 11.7. The van der Waals surface area contributed by atoms with Crippen LogP contribution in [-0.2, 0) is 23.1 Å². The fourth-order valence-corrected chi connectivity index (χ4v) is 5.05. The van der Waals surface area contributed by atoms with E-state index in [1.807, 2.05) is 78.3 Å². The average molecular weight is 517 g/mol. The normalized spacial score (nSPS) is 19.5. The molecule has 3 aromatic carbocycles. The van der Waals surface area contributed by atoms with Crippen LogP contribution < -0.4 is 5.32 Å². The van der Waals surface area contributed by atoms with E-state index in [1.54, 1.807) is 30.2 Å². The van der Waals surface area contributed by atoms with Gasteiger partial charge in [0, 0.05) is 36.0 Å². The van der Waals surface area contributed by atoms with E-state index < -0.39 is 6.29 Å². The van der Waals surface area contributed by atoms with Gasteiger partial charge in [-0.2, -0.15) is 0 Å². The molecule has 1 fully saturated rings. The van der Waals surface area contributed by atoms with Crippen molar-refractivity contribution in [2.24, 2.45) is 7.05 Å². The number of ether oxygens (including phenoxy) is 2. The predicted octanol–water partition coefficient (Wildman–Crippen LogP) is 4.90. The monoisotopic (exact) mass is 516 g/mol. The lowest BCUT2D eigenvalue weighted by atomic mass is 10.0. The van der Waals surface area contributed by atoms with Crippen LogP contribution in [0.15, 0.2) is 90.3 Å². The van der Waals surface area contributed by atoms with Crippen LogP contribution in [0.2, 0.25) is 0 Å². The van der Waals surface area contributed by atoms with Crippen molar-refractivity contribution >= 4 is 23.4 Å². The Balaban J connectivity index is 1.35. The highest BCUT2D eigenvalue weighted by molar-refractivity contribution is 7.99. The van der Waals surface area contributed by atoms with Crippen molar-refractivity contribution in [1.82, 2.24) is 14.8 Å². The third kappa shape index (κ3) is 6.26. The molecule has 190 valence electrons. The maximum atomic E-state index is 12.7. The molecule has 3 atom stereocenters. The van der Waals surface area contributed by atoms with E-state index in [0.29, 0.717) is 23.4 Å². The van der Waals surface area contributed by atoms with Gasteiger partial charge in [-0.3, -0.25) is 4.79 Å². The van der Waals surface area contributed by atoms with Crippen molar-refractivity contribution in [2.45, 2.75) is 36.7 Å². The summed E-state index contributed by atoms with van der Waals surface area (Å²) >= 11 is 1.59. The number of aryl methyl sites for hydroxylation is 1. The molecule has 0 radical (unpaired) electrons. The van der Waals surface area contributed by atoms with Crippen LogP contribution in [0, 0.1) is 0 Å². The number of carbonyl (C=O) groups excluding carboxylic acids is 1. The van der Waals surface area contributed by atoms with Gasteiger partial charge >= 0.3 is 0 Å². The molecule has 0 saturated carbocycles. The van der Waals surface area contributed by atoms with Crippen LogP contribution in [0.1, 0.15) is 45.9 Å². The Bertz CT molecular complexity index is 1330. The number of nitrogens with zero attached hydrogens (tertiary/aromatic N) is 3. The highest BCUT2D eigenvalue weighted by Crippen LogP contribution is 2.39. The fraction of sp³-hybridized carbons (Fsp3) is 0.250. The Kier molecular flexibility index (Phi) is 7.96. The smallest absolute Gasteiger partial charge is 0.255 e. The number of rotatable bonds is 8. The Labute approximate surface area is 219 Å². The van der Waals surface area contributed by atoms with Gasteiger partial charge in [-0.05, 0) is 35.4 Å². The zero-order valence-corrected chi connectivity index (χ0v) is 21.2. The average Bonchev–Trinajstić information content (AvgIpc) is 3.37. The first-order valence-electron chi connectivity index (χ1n) is 12.0. The van der Waals surface area contributed by atoms with Gasteiger partial charge in [-0.15, -0.1) is 10.2 Å². The van der Waals surface area contributed by atoms with Crippen molar-refractivity contribution in [1.29, 1.82) is 0 Å². The predicted molar refractivity (Wildman–Crippen MR) is 141 cm³/mol. The van der Waals surface area contributed by atoms with Crippen molar-refractivity contribution < 1.29 is 19.4 Å². The molecular formula is C28H28N4O4S. The molecule has 9 heteroatoms. The number of anilines is 1. The molecule has 37 heavy (non-hydrogen) atoms. The maximum Gasteiger partial charge on any atom is 0.255 e. The lowest BCUT2D eigenvalue weighted by molar-refractivity contribution is -0.245. The van der Waals surface area contributed by atoms with E-state index in [2.05, 4.69) is 15.5 Å². The van der Waals surface area contributed by atoms with Gasteiger partial charge < -0.3 is 24.5 Å². The summed E-state index contributed by atoms with van der Waals surface area (Å²) in [5, 5.41) is 21.3. The fourth-order valence-electron chi connectivity index (χ4n) is 4.15. The molecule has 1 aliphatic rings. The van der Waals surface area contributed by atoms with Crippen LogP contribution >= 0.6 is 11.8 Å². The number of benzene rings is 3. The number of hydrogen-bond donors (Lipinski definition) is 2. The lowest BCUT2D eigenvalue weighted by Crippen LogP contribution is -2.31. The van der Waals surface area contributed by atoms with Gasteiger partial charge in [0.1, 0.15) is 6.33 Å². The Hall–Kier alpha value is -3.50. The Morgan fingerprint density at radius 2 is 1.86 bits per heavy atom. The number of aliphatic hydroxyl groups excluding tert-OH is 1. The van der Waals surface area contributed by atoms with E-state index >= 15 is 0 Å². The van der Waals surface area contributed by atoms with E-state index in [-0.39, 0.29) is 24.7 Å². The highest BCUT2D eigenvalue weighted by atomic mass is 32.2. The molecule has 1 aromatic heterocycles. The zero-order chi connectivity index (χ0) is 25.6. The summed E-state index contributed by atoms with van der Waals surface area (Å²) in [5.41, 5.74) is 3.94. The molecule has 2 N–H and O–H groups in total. The maximum absolute atomic E-state index is 12.7. The molecule has 1 aliphatic heterocycles. The van der Waals surface area contributed by atoms with Crippen molar-refractivity contribution in [2.75, 3.05) is 11.1 Å². The second-order valence-electron chi connectivity index (χ2n) is 8.83. The number of nitrogens with one attached hydrogen (secondary N) is 1.